The van der Waals surface area contributed by atoms with E-state index < -0.39 is 6.10 Å². The van der Waals surface area contributed by atoms with Crippen LogP contribution < -0.4 is 14.6 Å². The molecule has 0 heterocycles. The lowest BCUT2D eigenvalue weighted by Gasteiger charge is -2.30. The smallest absolute Gasteiger partial charge is 0.211 e. The Kier molecular flexibility index (Phi) is 9.58. The number of aliphatic hydroxyl groups excluding tert-OH is 1. The fourth-order valence-corrected chi connectivity index (χ4v) is 4.81. The molecule has 0 saturated carbocycles. The molecule has 1 amide bonds. The van der Waals surface area contributed by atoms with E-state index in [0.29, 0.717) is 32.8 Å². The number of hydrogen-bond acceptors (Lipinski definition) is 5. The molecule has 0 aliphatic carbocycles. The molecule has 3 unspecified atom stereocenters. The Morgan fingerprint density at radius 3 is 2.57 bits per heavy atom. The fourth-order valence-electron chi connectivity index (χ4n) is 2.90. The van der Waals surface area contributed by atoms with E-state index >= 15 is 0 Å². The third-order valence-electron chi connectivity index (χ3n) is 4.49. The molecule has 0 fully saturated rings. The topological polar surface area (TPSA) is 71.0 Å². The van der Waals surface area contributed by atoms with E-state index in [4.69, 9.17) is 9.26 Å². The summed E-state index contributed by atoms with van der Waals surface area (Å²) in [5.74, 6) is 1.36. The van der Waals surface area contributed by atoms with Crippen LogP contribution in [0.3, 0.4) is 0 Å². The molecule has 2 aromatic rings. The highest BCUT2D eigenvalue weighted by molar-refractivity contribution is 8.01. The van der Waals surface area contributed by atoms with Crippen molar-refractivity contribution in [1.29, 1.82) is 0 Å². The summed E-state index contributed by atoms with van der Waals surface area (Å²) >= 11 is 0. The molecular formula is C19H27N2O4P3. The SMILES string of the molecule is COc1ccc(C[C@@H](C)N(C[C@H](O)c2ccc(OP)c(NC=O)c2)PP)cc1. The number of aliphatic hydroxyl groups is 1. The molecule has 28 heavy (non-hydrogen) atoms. The summed E-state index contributed by atoms with van der Waals surface area (Å²) in [6, 6.07) is 13.6. The van der Waals surface area contributed by atoms with Crippen molar-refractivity contribution in [1.82, 2.24) is 4.67 Å². The van der Waals surface area contributed by atoms with Gasteiger partial charge in [0.25, 0.3) is 0 Å². The van der Waals surface area contributed by atoms with Gasteiger partial charge in [0.2, 0.25) is 6.41 Å². The van der Waals surface area contributed by atoms with E-state index in [1.54, 1.807) is 25.3 Å². The fraction of sp³-hybridized carbons (Fsp3) is 0.316. The molecule has 0 aliphatic heterocycles. The van der Waals surface area contributed by atoms with Gasteiger partial charge in [-0.1, -0.05) is 27.1 Å². The average molecular weight is 440 g/mol. The number of ether oxygens (including phenoxy) is 1. The zero-order valence-electron chi connectivity index (χ0n) is 16.0. The molecule has 2 aromatic carbocycles. The molecule has 9 heteroatoms. The largest absolute Gasteiger partial charge is 0.497 e. The standard InChI is InChI=1S/C19H27N2O4P3/c1-13(9-14-3-6-16(24-2)7-4-14)21(28-27)11-18(23)15-5-8-19(25-26)17(10-15)20-12-22/h3-8,10,12-13,18,23,28H,9,11,26-27H2,1-2H3,(H,20,22)/t13-,18+/m1/s1. The summed E-state index contributed by atoms with van der Waals surface area (Å²) in [5, 5.41) is 13.3. The predicted octanol–water partition coefficient (Wildman–Crippen LogP) is 3.78. The molecule has 2 rings (SSSR count). The molecule has 6 nitrogen and oxygen atoms in total. The predicted molar refractivity (Wildman–Crippen MR) is 122 cm³/mol. The minimum atomic E-state index is -0.683. The number of nitrogens with zero attached hydrogens (tertiary/aromatic N) is 1. The Hall–Kier alpha value is -1.28. The van der Waals surface area contributed by atoms with Crippen LogP contribution in [-0.2, 0) is 11.2 Å². The van der Waals surface area contributed by atoms with Gasteiger partial charge in [-0.15, -0.1) is 0 Å². The third-order valence-corrected chi connectivity index (χ3v) is 6.69. The van der Waals surface area contributed by atoms with E-state index in [-0.39, 0.29) is 6.04 Å². The Morgan fingerprint density at radius 1 is 1.29 bits per heavy atom. The van der Waals surface area contributed by atoms with Crippen molar-refractivity contribution in [3.8, 4) is 11.5 Å². The van der Waals surface area contributed by atoms with Gasteiger partial charge in [0.05, 0.1) is 28.4 Å². The zero-order valence-corrected chi connectivity index (χ0v) is 19.3. The number of carbonyl (C=O) groups is 1. The summed E-state index contributed by atoms with van der Waals surface area (Å²) in [6.45, 7) is 2.64. The Morgan fingerprint density at radius 2 is 2.00 bits per heavy atom. The van der Waals surface area contributed by atoms with E-state index in [1.165, 1.54) is 5.56 Å². The van der Waals surface area contributed by atoms with Gasteiger partial charge in [0.1, 0.15) is 11.5 Å². The van der Waals surface area contributed by atoms with Crippen molar-refractivity contribution in [2.24, 2.45) is 0 Å². The minimum absolute atomic E-state index is 0.251. The lowest BCUT2D eigenvalue weighted by Crippen LogP contribution is -2.30. The van der Waals surface area contributed by atoms with Crippen LogP contribution in [0.25, 0.3) is 0 Å². The minimum Gasteiger partial charge on any atom is -0.497 e. The highest BCUT2D eigenvalue weighted by atomic mass is 32.0. The molecule has 5 atom stereocenters. The number of hydrogen-bond donors (Lipinski definition) is 2. The second-order valence-corrected chi connectivity index (χ2v) is 8.18. The van der Waals surface area contributed by atoms with Gasteiger partial charge in [-0.05, 0) is 57.2 Å². The maximum Gasteiger partial charge on any atom is 0.211 e. The van der Waals surface area contributed by atoms with Gasteiger partial charge < -0.3 is 19.7 Å². The van der Waals surface area contributed by atoms with Gasteiger partial charge in [-0.3, -0.25) is 9.46 Å². The third kappa shape index (κ3) is 6.37. The quantitative estimate of drug-likeness (QED) is 0.411. The first-order valence-electron chi connectivity index (χ1n) is 8.77. The number of rotatable bonds is 11. The first-order chi connectivity index (χ1) is 13.5. The first-order valence-corrected chi connectivity index (χ1v) is 12.0. The molecule has 2 N–H and O–H groups in total. The molecule has 0 spiro atoms. The van der Waals surface area contributed by atoms with E-state index in [9.17, 15) is 9.90 Å². The average Bonchev–Trinajstić information content (AvgIpc) is 2.72. The molecule has 0 saturated heterocycles. The number of carbonyl (C=O) groups excluding carboxylic acids is 1. The normalized spacial score (nSPS) is 13.5. The van der Waals surface area contributed by atoms with E-state index in [1.807, 2.05) is 12.1 Å². The second-order valence-electron chi connectivity index (χ2n) is 6.33. The summed E-state index contributed by atoms with van der Waals surface area (Å²) in [6.07, 6.45) is 0.777. The Bertz CT molecular complexity index is 761. The number of nitrogens with one attached hydrogen (secondary N) is 1. The lowest BCUT2D eigenvalue weighted by molar-refractivity contribution is -0.105. The highest BCUT2D eigenvalue weighted by Crippen LogP contribution is 2.34. The summed E-state index contributed by atoms with van der Waals surface area (Å²) in [5.41, 5.74) is 2.46. The molecular weight excluding hydrogens is 413 g/mol. The molecule has 0 aliphatic rings. The maximum atomic E-state index is 10.8. The van der Waals surface area contributed by atoms with Gasteiger partial charge in [-0.25, -0.2) is 0 Å². The van der Waals surface area contributed by atoms with Gasteiger partial charge in [-0.2, -0.15) is 0 Å². The number of anilines is 1. The van der Waals surface area contributed by atoms with Gasteiger partial charge in [0.15, 0.2) is 0 Å². The molecule has 0 bridgehead atoms. The molecule has 0 radical (unpaired) electrons. The zero-order chi connectivity index (χ0) is 20.5. The van der Waals surface area contributed by atoms with Crippen LogP contribution in [-0.4, -0.2) is 35.9 Å². The number of amides is 1. The van der Waals surface area contributed by atoms with Crippen molar-refractivity contribution in [2.45, 2.75) is 25.5 Å². The van der Waals surface area contributed by atoms with Crippen LogP contribution in [0.4, 0.5) is 5.69 Å². The van der Waals surface area contributed by atoms with Crippen molar-refractivity contribution in [3.05, 3.63) is 53.6 Å². The first kappa shape index (κ1) is 23.0. The Balaban J connectivity index is 2.05. The van der Waals surface area contributed by atoms with Crippen molar-refractivity contribution in [3.63, 3.8) is 0 Å². The van der Waals surface area contributed by atoms with Crippen LogP contribution >= 0.6 is 26.8 Å². The van der Waals surface area contributed by atoms with E-state index in [0.717, 1.165) is 17.7 Å². The van der Waals surface area contributed by atoms with Crippen LogP contribution in [0.5, 0.6) is 11.5 Å². The Labute approximate surface area is 172 Å². The highest BCUT2D eigenvalue weighted by Gasteiger charge is 2.19. The van der Waals surface area contributed by atoms with Crippen molar-refractivity contribution < 1.29 is 19.2 Å². The van der Waals surface area contributed by atoms with Crippen molar-refractivity contribution in [2.75, 3.05) is 19.0 Å². The van der Waals surface area contributed by atoms with Crippen LogP contribution in [0.1, 0.15) is 24.2 Å². The monoisotopic (exact) mass is 440 g/mol. The summed E-state index contributed by atoms with van der Waals surface area (Å²) in [4.78, 5) is 10.8. The van der Waals surface area contributed by atoms with Crippen LogP contribution in [0.2, 0.25) is 0 Å². The summed E-state index contributed by atoms with van der Waals surface area (Å²) in [7, 11) is 7.04. The number of benzene rings is 2. The van der Waals surface area contributed by atoms with Gasteiger partial charge in [0, 0.05) is 12.6 Å². The molecule has 152 valence electrons. The van der Waals surface area contributed by atoms with Crippen molar-refractivity contribution >= 4 is 38.9 Å². The summed E-state index contributed by atoms with van der Waals surface area (Å²) < 4.78 is 12.6. The number of methoxy groups -OCH3 is 1. The maximum absolute atomic E-state index is 10.8. The van der Waals surface area contributed by atoms with Crippen LogP contribution in [0, 0.1) is 0 Å². The second kappa shape index (κ2) is 11.7. The van der Waals surface area contributed by atoms with Gasteiger partial charge >= 0.3 is 0 Å². The van der Waals surface area contributed by atoms with Crippen LogP contribution in [0.15, 0.2) is 42.5 Å². The molecule has 0 aromatic heterocycles. The van der Waals surface area contributed by atoms with E-state index in [2.05, 4.69) is 47.4 Å². The lowest BCUT2D eigenvalue weighted by atomic mass is 10.1.